The van der Waals surface area contributed by atoms with E-state index >= 15 is 0 Å². The average molecular weight is 212 g/mol. The Balaban J connectivity index is 1.81. The van der Waals surface area contributed by atoms with Crippen LogP contribution in [0.2, 0.25) is 0 Å². The van der Waals surface area contributed by atoms with Crippen molar-refractivity contribution in [3.8, 4) is 0 Å². The van der Waals surface area contributed by atoms with Gasteiger partial charge in [0.25, 0.3) is 0 Å². The van der Waals surface area contributed by atoms with E-state index < -0.39 is 0 Å². The van der Waals surface area contributed by atoms with E-state index in [9.17, 15) is 0 Å². The van der Waals surface area contributed by atoms with Gasteiger partial charge in [0.1, 0.15) is 0 Å². The van der Waals surface area contributed by atoms with Crippen molar-refractivity contribution in [2.75, 3.05) is 0 Å². The van der Waals surface area contributed by atoms with Crippen molar-refractivity contribution < 1.29 is 0 Å². The summed E-state index contributed by atoms with van der Waals surface area (Å²) in [4.78, 5) is 0. The predicted octanol–water partition coefficient (Wildman–Crippen LogP) is 4.15. The van der Waals surface area contributed by atoms with E-state index in [1.165, 1.54) is 25.7 Å². The van der Waals surface area contributed by atoms with Crippen molar-refractivity contribution in [3.05, 3.63) is 35.9 Å². The third-order valence-corrected chi connectivity index (χ3v) is 5.70. The lowest BCUT2D eigenvalue weighted by Crippen LogP contribution is -2.40. The highest BCUT2D eigenvalue weighted by Crippen LogP contribution is 2.64. The molecule has 2 bridgehead atoms. The second kappa shape index (κ2) is 3.12. The molecular weight excluding hydrogens is 192 g/mol. The van der Waals surface area contributed by atoms with Gasteiger partial charge in [-0.25, -0.2) is 0 Å². The maximum atomic E-state index is 2.39. The van der Waals surface area contributed by atoms with Gasteiger partial charge in [-0.1, -0.05) is 43.2 Å². The van der Waals surface area contributed by atoms with Crippen LogP contribution in [0.5, 0.6) is 0 Å². The fourth-order valence-corrected chi connectivity index (χ4v) is 5.28. The largest absolute Gasteiger partial charge is 0.0622 e. The third-order valence-electron chi connectivity index (χ3n) is 5.70. The third kappa shape index (κ3) is 1.06. The Kier molecular flexibility index (Phi) is 1.81. The smallest absolute Gasteiger partial charge is 0.00134 e. The van der Waals surface area contributed by atoms with Gasteiger partial charge < -0.3 is 0 Å². The Morgan fingerprint density at radius 2 is 1.94 bits per heavy atom. The first-order valence-corrected chi connectivity index (χ1v) is 6.94. The zero-order chi connectivity index (χ0) is 10.6. The molecule has 4 rings (SSSR count). The van der Waals surface area contributed by atoms with Crippen LogP contribution in [-0.4, -0.2) is 0 Å². The van der Waals surface area contributed by atoms with Crippen LogP contribution in [0.25, 0.3) is 0 Å². The Morgan fingerprint density at radius 1 is 1.06 bits per heavy atom. The highest BCUT2D eigenvalue weighted by Gasteiger charge is 2.57. The molecule has 84 valence electrons. The number of hydrogen-bond acceptors (Lipinski definition) is 0. The van der Waals surface area contributed by atoms with E-state index in [2.05, 4.69) is 30.3 Å². The molecule has 0 amide bonds. The van der Waals surface area contributed by atoms with Crippen LogP contribution in [0, 0.1) is 17.8 Å². The molecule has 4 unspecified atom stereocenters. The quantitative estimate of drug-likeness (QED) is 0.656. The van der Waals surface area contributed by atoms with E-state index in [-0.39, 0.29) is 0 Å². The zero-order valence-corrected chi connectivity index (χ0v) is 9.86. The van der Waals surface area contributed by atoms with Gasteiger partial charge in [0.2, 0.25) is 0 Å². The SMILES string of the molecule is c1ccc(C23CCCC4CC(CC42)C3)cc1. The van der Waals surface area contributed by atoms with Crippen LogP contribution in [0.4, 0.5) is 0 Å². The summed E-state index contributed by atoms with van der Waals surface area (Å²) >= 11 is 0. The summed E-state index contributed by atoms with van der Waals surface area (Å²) < 4.78 is 0. The average Bonchev–Trinajstić information content (AvgIpc) is 2.88. The van der Waals surface area contributed by atoms with Gasteiger partial charge in [0.05, 0.1) is 0 Å². The summed E-state index contributed by atoms with van der Waals surface area (Å²) in [6.45, 7) is 0. The summed E-state index contributed by atoms with van der Waals surface area (Å²) in [5.74, 6) is 3.18. The van der Waals surface area contributed by atoms with Gasteiger partial charge in [-0.15, -0.1) is 0 Å². The second-order valence-electron chi connectivity index (χ2n) is 6.32. The monoisotopic (exact) mass is 212 g/mol. The molecule has 0 nitrogen and oxygen atoms in total. The van der Waals surface area contributed by atoms with E-state index in [4.69, 9.17) is 0 Å². The first-order valence-electron chi connectivity index (χ1n) is 6.94. The minimum absolute atomic E-state index is 0.604. The summed E-state index contributed by atoms with van der Waals surface area (Å²) in [7, 11) is 0. The Morgan fingerprint density at radius 3 is 2.75 bits per heavy atom. The molecular formula is C16H20. The minimum Gasteiger partial charge on any atom is -0.0622 e. The van der Waals surface area contributed by atoms with E-state index in [1.54, 1.807) is 18.4 Å². The number of rotatable bonds is 1. The first kappa shape index (κ1) is 9.27. The molecule has 0 N–H and O–H groups in total. The maximum Gasteiger partial charge on any atom is -0.00134 e. The standard InChI is InChI=1S/C16H20/c1-2-6-14(7-3-1)16-8-4-5-13-9-12(11-16)10-15(13)16/h1-3,6-7,12-13,15H,4-5,8-11H2. The Bertz CT molecular complexity index is 394. The van der Waals surface area contributed by atoms with E-state index in [0.29, 0.717) is 5.41 Å². The summed E-state index contributed by atoms with van der Waals surface area (Å²) in [5, 5.41) is 0. The van der Waals surface area contributed by atoms with Crippen LogP contribution in [0.1, 0.15) is 44.1 Å². The number of benzene rings is 1. The molecule has 3 aliphatic rings. The topological polar surface area (TPSA) is 0 Å². The second-order valence-corrected chi connectivity index (χ2v) is 6.32. The van der Waals surface area contributed by atoms with Crippen LogP contribution >= 0.6 is 0 Å². The zero-order valence-electron chi connectivity index (χ0n) is 9.86. The summed E-state index contributed by atoms with van der Waals surface area (Å²) in [5.41, 5.74) is 2.26. The van der Waals surface area contributed by atoms with E-state index in [1.807, 2.05) is 0 Å². The van der Waals surface area contributed by atoms with Gasteiger partial charge in [-0.05, 0) is 54.4 Å². The molecule has 16 heavy (non-hydrogen) atoms. The van der Waals surface area contributed by atoms with Crippen molar-refractivity contribution in [2.24, 2.45) is 17.8 Å². The Labute approximate surface area is 98.1 Å². The number of hydrogen-bond donors (Lipinski definition) is 0. The van der Waals surface area contributed by atoms with Gasteiger partial charge in [-0.3, -0.25) is 0 Å². The Hall–Kier alpha value is -0.780. The molecule has 0 aromatic heterocycles. The fraction of sp³-hybridized carbons (Fsp3) is 0.625. The maximum absolute atomic E-state index is 2.39. The molecule has 0 radical (unpaired) electrons. The molecule has 0 aliphatic heterocycles. The van der Waals surface area contributed by atoms with Crippen LogP contribution in [0.15, 0.2) is 30.3 Å². The molecule has 0 spiro atoms. The van der Waals surface area contributed by atoms with Crippen molar-refractivity contribution in [1.82, 2.24) is 0 Å². The lowest BCUT2D eigenvalue weighted by atomic mass is 9.58. The van der Waals surface area contributed by atoms with Gasteiger partial charge in [0.15, 0.2) is 0 Å². The van der Waals surface area contributed by atoms with Crippen LogP contribution < -0.4 is 0 Å². The minimum atomic E-state index is 0.604. The molecule has 3 saturated carbocycles. The fourth-order valence-electron chi connectivity index (χ4n) is 5.28. The van der Waals surface area contributed by atoms with Crippen molar-refractivity contribution >= 4 is 0 Å². The molecule has 3 fully saturated rings. The van der Waals surface area contributed by atoms with Gasteiger partial charge in [-0.2, -0.15) is 0 Å². The van der Waals surface area contributed by atoms with Crippen LogP contribution in [0.3, 0.4) is 0 Å². The summed E-state index contributed by atoms with van der Waals surface area (Å²) in [6.07, 6.45) is 9.06. The molecule has 1 aromatic rings. The lowest BCUT2D eigenvalue weighted by Gasteiger charge is -2.46. The first-order chi connectivity index (χ1) is 7.88. The molecule has 3 aliphatic carbocycles. The lowest BCUT2D eigenvalue weighted by molar-refractivity contribution is 0.122. The normalized spacial score (nSPS) is 44.9. The molecule has 0 heteroatoms. The number of fused-ring (bicyclic) bond motifs is 1. The molecule has 0 saturated heterocycles. The molecule has 4 atom stereocenters. The van der Waals surface area contributed by atoms with Crippen molar-refractivity contribution in [1.29, 1.82) is 0 Å². The van der Waals surface area contributed by atoms with Crippen molar-refractivity contribution in [2.45, 2.75) is 43.9 Å². The van der Waals surface area contributed by atoms with Crippen molar-refractivity contribution in [3.63, 3.8) is 0 Å². The highest BCUT2D eigenvalue weighted by atomic mass is 14.6. The molecule has 1 aromatic carbocycles. The van der Waals surface area contributed by atoms with E-state index in [0.717, 1.165) is 17.8 Å². The highest BCUT2D eigenvalue weighted by molar-refractivity contribution is 5.31. The molecule has 0 heterocycles. The predicted molar refractivity (Wildman–Crippen MR) is 66.3 cm³/mol. The van der Waals surface area contributed by atoms with Gasteiger partial charge in [0, 0.05) is 0 Å². The van der Waals surface area contributed by atoms with Crippen LogP contribution in [-0.2, 0) is 5.41 Å². The van der Waals surface area contributed by atoms with Gasteiger partial charge >= 0.3 is 0 Å². The summed E-state index contributed by atoms with van der Waals surface area (Å²) in [6, 6.07) is 11.4.